The normalized spacial score (nSPS) is 37.3. The quantitative estimate of drug-likeness (QED) is 0.116. The molecule has 0 amide bonds. The molecule has 9 atom stereocenters. The van der Waals surface area contributed by atoms with Crippen LogP contribution < -0.4 is 0 Å². The SMILES string of the molecule is CC(C)CCC[C@@H](C)[C@H]1CC[C@H]2[C@@H]3CC=C4C[C@@H](OC(=O)[C@@H](I)Cc5ccccc5)CC[C@]4(C)[C@H]3CC[C@]12C. The number of hydrogen-bond acceptors (Lipinski definition) is 2. The number of benzene rings is 1. The Morgan fingerprint density at radius 3 is 2.51 bits per heavy atom. The van der Waals surface area contributed by atoms with Crippen molar-refractivity contribution >= 4 is 28.6 Å². The van der Waals surface area contributed by atoms with Crippen LogP contribution in [-0.4, -0.2) is 16.0 Å². The average molecular weight is 645 g/mol. The molecule has 3 fully saturated rings. The molecule has 3 heteroatoms. The summed E-state index contributed by atoms with van der Waals surface area (Å²) in [5.41, 5.74) is 3.67. The summed E-state index contributed by atoms with van der Waals surface area (Å²) in [6.45, 7) is 12.6. The highest BCUT2D eigenvalue weighted by Crippen LogP contribution is 2.67. The first-order valence-corrected chi connectivity index (χ1v) is 17.4. The number of halogens is 1. The van der Waals surface area contributed by atoms with Gasteiger partial charge in [-0.15, -0.1) is 0 Å². The van der Waals surface area contributed by atoms with E-state index < -0.39 is 0 Å². The van der Waals surface area contributed by atoms with Crippen LogP contribution in [0.3, 0.4) is 0 Å². The fraction of sp³-hybridized carbons (Fsp3) is 0.750. The Bertz CT molecular complexity index is 1020. The summed E-state index contributed by atoms with van der Waals surface area (Å²) in [4.78, 5) is 13.0. The van der Waals surface area contributed by atoms with Crippen molar-refractivity contribution < 1.29 is 9.53 Å². The second-order valence-electron chi connectivity index (χ2n) is 14.7. The van der Waals surface area contributed by atoms with E-state index in [1.165, 1.54) is 63.4 Å². The van der Waals surface area contributed by atoms with Crippen LogP contribution in [0.5, 0.6) is 0 Å². The third-order valence-corrected chi connectivity index (χ3v) is 13.0. The Morgan fingerprint density at radius 1 is 1.00 bits per heavy atom. The molecule has 1 aromatic rings. The topological polar surface area (TPSA) is 26.3 Å². The van der Waals surface area contributed by atoms with Gasteiger partial charge < -0.3 is 4.74 Å². The zero-order chi connectivity index (χ0) is 27.8. The number of fused-ring (bicyclic) bond motifs is 5. The highest BCUT2D eigenvalue weighted by atomic mass is 127. The van der Waals surface area contributed by atoms with Crippen molar-refractivity contribution in [3.8, 4) is 0 Å². The largest absolute Gasteiger partial charge is 0.461 e. The minimum absolute atomic E-state index is 0.0321. The standard InChI is InChI=1S/C36H53IO2/c1-24(2)10-9-11-25(3)30-16-17-31-29-15-14-27-23-28(18-20-35(27,4)32(29)19-21-36(30,31)5)39-34(38)33(37)22-26-12-7-6-8-13-26/h6-8,12-14,24-25,28-33H,9-11,15-23H2,1-5H3/t25-,28+,29+,30-,31+,32+,33+,35+,36-/m1/s1. The smallest absolute Gasteiger partial charge is 0.319 e. The third kappa shape index (κ3) is 6.05. The number of allylic oxidation sites excluding steroid dienone is 1. The summed E-state index contributed by atoms with van der Waals surface area (Å²) in [6.07, 6.45) is 17.8. The zero-order valence-electron chi connectivity index (χ0n) is 25.3. The van der Waals surface area contributed by atoms with Crippen molar-refractivity contribution in [1.82, 2.24) is 0 Å². The van der Waals surface area contributed by atoms with Gasteiger partial charge in [-0.1, -0.05) is 118 Å². The summed E-state index contributed by atoms with van der Waals surface area (Å²) in [7, 11) is 0. The maximum Gasteiger partial charge on any atom is 0.319 e. The monoisotopic (exact) mass is 644 g/mol. The Labute approximate surface area is 252 Å². The van der Waals surface area contributed by atoms with Gasteiger partial charge in [0.2, 0.25) is 0 Å². The molecule has 39 heavy (non-hydrogen) atoms. The minimum Gasteiger partial charge on any atom is -0.461 e. The predicted molar refractivity (Wildman–Crippen MR) is 171 cm³/mol. The van der Waals surface area contributed by atoms with Gasteiger partial charge in [0, 0.05) is 6.42 Å². The first kappa shape index (κ1) is 29.6. The highest BCUT2D eigenvalue weighted by molar-refractivity contribution is 14.1. The van der Waals surface area contributed by atoms with E-state index in [2.05, 4.69) is 75.4 Å². The Balaban J connectivity index is 1.21. The van der Waals surface area contributed by atoms with Gasteiger partial charge in [-0.25, -0.2) is 0 Å². The van der Waals surface area contributed by atoms with Crippen LogP contribution in [0.2, 0.25) is 0 Å². The average Bonchev–Trinajstić information content (AvgIpc) is 3.26. The summed E-state index contributed by atoms with van der Waals surface area (Å²) in [6, 6.07) is 10.3. The zero-order valence-corrected chi connectivity index (χ0v) is 27.4. The summed E-state index contributed by atoms with van der Waals surface area (Å²) < 4.78 is 6.02. The van der Waals surface area contributed by atoms with Gasteiger partial charge >= 0.3 is 5.97 Å². The molecule has 0 saturated heterocycles. The van der Waals surface area contributed by atoms with E-state index in [-0.39, 0.29) is 16.0 Å². The molecule has 3 saturated carbocycles. The summed E-state index contributed by atoms with van der Waals surface area (Å²) in [5.74, 6) is 5.16. The number of hydrogen-bond donors (Lipinski definition) is 0. The number of carbonyl (C=O) groups is 1. The Kier molecular flexibility index (Phi) is 9.26. The van der Waals surface area contributed by atoms with Crippen LogP contribution in [0.15, 0.2) is 42.0 Å². The predicted octanol–water partition coefficient (Wildman–Crippen LogP) is 9.99. The maximum absolute atomic E-state index is 13.0. The molecule has 0 spiro atoms. The second-order valence-corrected chi connectivity index (χ2v) is 16.3. The van der Waals surface area contributed by atoms with Crippen LogP contribution in [0, 0.1) is 46.3 Å². The first-order chi connectivity index (χ1) is 18.6. The highest BCUT2D eigenvalue weighted by Gasteiger charge is 2.59. The van der Waals surface area contributed by atoms with Crippen LogP contribution in [0.1, 0.15) is 111 Å². The number of esters is 1. The molecule has 0 radical (unpaired) electrons. The molecule has 0 N–H and O–H groups in total. The van der Waals surface area contributed by atoms with Crippen LogP contribution in [0.4, 0.5) is 0 Å². The molecule has 4 aliphatic rings. The lowest BCUT2D eigenvalue weighted by atomic mass is 9.47. The van der Waals surface area contributed by atoms with Crippen molar-refractivity contribution in [3.63, 3.8) is 0 Å². The van der Waals surface area contributed by atoms with Gasteiger partial charge in [0.15, 0.2) is 0 Å². The van der Waals surface area contributed by atoms with Crippen molar-refractivity contribution in [2.75, 3.05) is 0 Å². The Morgan fingerprint density at radius 2 is 1.77 bits per heavy atom. The second kappa shape index (κ2) is 12.2. The van der Waals surface area contributed by atoms with E-state index in [0.29, 0.717) is 10.8 Å². The molecule has 0 unspecified atom stereocenters. The number of rotatable bonds is 9. The fourth-order valence-electron chi connectivity index (χ4n) is 9.90. The van der Waals surface area contributed by atoms with Crippen molar-refractivity contribution in [3.05, 3.63) is 47.5 Å². The van der Waals surface area contributed by atoms with E-state index in [0.717, 1.165) is 54.8 Å². The molecule has 0 aliphatic heterocycles. The van der Waals surface area contributed by atoms with Gasteiger partial charge in [0.05, 0.1) is 0 Å². The van der Waals surface area contributed by atoms with E-state index in [4.69, 9.17) is 4.74 Å². The molecule has 1 aromatic carbocycles. The lowest BCUT2D eigenvalue weighted by molar-refractivity contribution is -0.150. The number of ether oxygens (including phenoxy) is 1. The molecule has 4 aliphatic carbocycles. The van der Waals surface area contributed by atoms with Gasteiger partial charge in [0.25, 0.3) is 0 Å². The van der Waals surface area contributed by atoms with Crippen LogP contribution in [-0.2, 0) is 16.0 Å². The minimum atomic E-state index is -0.123. The molecular formula is C36H53IO2. The van der Waals surface area contributed by atoms with E-state index >= 15 is 0 Å². The van der Waals surface area contributed by atoms with Crippen molar-refractivity contribution in [2.24, 2.45) is 46.3 Å². The number of carbonyl (C=O) groups excluding carboxylic acids is 1. The van der Waals surface area contributed by atoms with Crippen molar-refractivity contribution in [1.29, 1.82) is 0 Å². The van der Waals surface area contributed by atoms with Gasteiger partial charge in [0.1, 0.15) is 10.0 Å². The van der Waals surface area contributed by atoms with Gasteiger partial charge in [-0.2, -0.15) is 0 Å². The lowest BCUT2D eigenvalue weighted by Gasteiger charge is -2.58. The van der Waals surface area contributed by atoms with E-state index in [9.17, 15) is 4.79 Å². The lowest BCUT2D eigenvalue weighted by Crippen LogP contribution is -2.51. The number of alkyl halides is 1. The molecule has 0 aromatic heterocycles. The molecular weight excluding hydrogens is 591 g/mol. The van der Waals surface area contributed by atoms with Gasteiger partial charge in [-0.3, -0.25) is 4.79 Å². The molecule has 0 bridgehead atoms. The molecule has 216 valence electrons. The third-order valence-electron chi connectivity index (χ3n) is 12.1. The summed E-state index contributed by atoms with van der Waals surface area (Å²) in [5, 5.41) is 0. The van der Waals surface area contributed by atoms with Crippen LogP contribution >= 0.6 is 22.6 Å². The molecule has 5 rings (SSSR count). The molecule has 2 nitrogen and oxygen atoms in total. The first-order valence-electron chi connectivity index (χ1n) is 16.2. The molecule has 0 heterocycles. The van der Waals surface area contributed by atoms with Gasteiger partial charge in [-0.05, 0) is 103 Å². The van der Waals surface area contributed by atoms with Crippen molar-refractivity contribution in [2.45, 2.75) is 122 Å². The van der Waals surface area contributed by atoms with E-state index in [1.54, 1.807) is 5.57 Å². The maximum atomic E-state index is 13.0. The fourth-order valence-corrected chi connectivity index (χ4v) is 10.6. The summed E-state index contributed by atoms with van der Waals surface area (Å²) >= 11 is 2.27. The van der Waals surface area contributed by atoms with E-state index in [1.807, 2.05) is 18.2 Å². The Hall–Kier alpha value is -0.840. The van der Waals surface area contributed by atoms with Crippen LogP contribution in [0.25, 0.3) is 0 Å².